The molecule has 0 aliphatic heterocycles. The number of carbonyl (C=O) groups excluding carboxylic acids is 2. The van der Waals surface area contributed by atoms with Crippen LogP contribution in [0.4, 0.5) is 0 Å². The van der Waals surface area contributed by atoms with Crippen LogP contribution >= 0.6 is 0 Å². The molecule has 7 heteroatoms. The second kappa shape index (κ2) is 8.14. The lowest BCUT2D eigenvalue weighted by atomic mass is 10.1. The Morgan fingerprint density at radius 3 is 2.33 bits per heavy atom. The molecule has 2 rings (SSSR count). The molecule has 0 radical (unpaired) electrons. The highest BCUT2D eigenvalue weighted by atomic mass is 16.5. The summed E-state index contributed by atoms with van der Waals surface area (Å²) in [6.45, 7) is 3.78. The van der Waals surface area contributed by atoms with Crippen LogP contribution in [-0.2, 0) is 20.8 Å². The van der Waals surface area contributed by atoms with E-state index in [0.717, 1.165) is 11.3 Å². The fraction of sp³-hybridized carbons (Fsp3) is 0.353. The van der Waals surface area contributed by atoms with Crippen LogP contribution in [0.3, 0.4) is 0 Å². The van der Waals surface area contributed by atoms with E-state index < -0.39 is 11.9 Å². The van der Waals surface area contributed by atoms with E-state index in [4.69, 9.17) is 14.2 Å². The van der Waals surface area contributed by atoms with Crippen molar-refractivity contribution in [3.05, 3.63) is 36.0 Å². The fourth-order valence-electron chi connectivity index (χ4n) is 2.14. The van der Waals surface area contributed by atoms with Gasteiger partial charge >= 0.3 is 11.9 Å². The monoisotopic (exact) mass is 332 g/mol. The van der Waals surface area contributed by atoms with Gasteiger partial charge in [0.05, 0.1) is 26.0 Å². The first-order chi connectivity index (χ1) is 11.6. The van der Waals surface area contributed by atoms with Gasteiger partial charge in [-0.25, -0.2) is 9.48 Å². The molecule has 2 aromatic rings. The van der Waals surface area contributed by atoms with Crippen molar-refractivity contribution in [1.29, 1.82) is 0 Å². The molecule has 1 aromatic heterocycles. The summed E-state index contributed by atoms with van der Waals surface area (Å²) in [5.41, 5.74) is 1.56. The zero-order valence-corrected chi connectivity index (χ0v) is 13.9. The molecule has 1 aromatic carbocycles. The Morgan fingerprint density at radius 1 is 1.08 bits per heavy atom. The molecule has 0 saturated carbocycles. The van der Waals surface area contributed by atoms with Crippen molar-refractivity contribution in [3.8, 4) is 17.0 Å². The largest absolute Gasteiger partial charge is 0.497 e. The first-order valence-corrected chi connectivity index (χ1v) is 7.64. The number of carbonyl (C=O) groups is 2. The van der Waals surface area contributed by atoms with Crippen molar-refractivity contribution in [3.63, 3.8) is 0 Å². The van der Waals surface area contributed by atoms with E-state index in [1.807, 2.05) is 12.1 Å². The highest BCUT2D eigenvalue weighted by molar-refractivity contribution is 5.89. The normalized spacial score (nSPS) is 10.3. The number of hydrogen-bond acceptors (Lipinski definition) is 6. The van der Waals surface area contributed by atoms with Gasteiger partial charge in [0, 0.05) is 5.56 Å². The molecule has 0 aliphatic carbocycles. The number of hydrogen-bond donors (Lipinski definition) is 0. The minimum absolute atomic E-state index is 0.155. The highest BCUT2D eigenvalue weighted by Gasteiger charge is 2.19. The Morgan fingerprint density at radius 2 is 1.75 bits per heavy atom. The Hall–Kier alpha value is -2.83. The van der Waals surface area contributed by atoms with Gasteiger partial charge in [0.2, 0.25) is 0 Å². The lowest BCUT2D eigenvalue weighted by Crippen LogP contribution is -2.19. The molecule has 0 spiro atoms. The zero-order chi connectivity index (χ0) is 17.5. The Kier molecular flexibility index (Phi) is 5.95. The summed E-state index contributed by atoms with van der Waals surface area (Å²) in [6, 6.07) is 8.84. The third kappa shape index (κ3) is 4.13. The minimum Gasteiger partial charge on any atom is -0.497 e. The van der Waals surface area contributed by atoms with Crippen molar-refractivity contribution < 1.29 is 23.8 Å². The minimum atomic E-state index is -0.533. The average Bonchev–Trinajstić information content (AvgIpc) is 2.99. The maximum Gasteiger partial charge on any atom is 0.356 e. The van der Waals surface area contributed by atoms with Crippen LogP contribution in [0.2, 0.25) is 0 Å². The van der Waals surface area contributed by atoms with Crippen LogP contribution in [0.15, 0.2) is 30.3 Å². The van der Waals surface area contributed by atoms with Crippen LogP contribution in [0.1, 0.15) is 24.3 Å². The highest BCUT2D eigenvalue weighted by Crippen LogP contribution is 2.22. The lowest BCUT2D eigenvalue weighted by Gasteiger charge is -2.06. The predicted octanol–water partition coefficient (Wildman–Crippen LogP) is 2.30. The number of benzene rings is 1. The molecular weight excluding hydrogens is 312 g/mol. The summed E-state index contributed by atoms with van der Waals surface area (Å²) in [6.07, 6.45) is 0. The van der Waals surface area contributed by atoms with Crippen LogP contribution in [0.25, 0.3) is 11.3 Å². The molecule has 0 fully saturated rings. The van der Waals surface area contributed by atoms with E-state index in [1.165, 1.54) is 4.68 Å². The second-order valence-corrected chi connectivity index (χ2v) is 4.83. The quantitative estimate of drug-likeness (QED) is 0.724. The second-order valence-electron chi connectivity index (χ2n) is 4.83. The fourth-order valence-corrected chi connectivity index (χ4v) is 2.14. The first kappa shape index (κ1) is 17.5. The summed E-state index contributed by atoms with van der Waals surface area (Å²) in [5.74, 6) is -0.281. The maximum atomic E-state index is 12.1. The third-order valence-electron chi connectivity index (χ3n) is 3.23. The van der Waals surface area contributed by atoms with E-state index >= 15 is 0 Å². The molecule has 0 atom stereocenters. The summed E-state index contributed by atoms with van der Waals surface area (Å²) in [4.78, 5) is 23.8. The molecular formula is C17H20N2O5. The molecule has 24 heavy (non-hydrogen) atoms. The van der Waals surface area contributed by atoms with Crippen LogP contribution in [0, 0.1) is 0 Å². The van der Waals surface area contributed by atoms with Gasteiger partial charge < -0.3 is 14.2 Å². The molecule has 128 valence electrons. The van der Waals surface area contributed by atoms with Gasteiger partial charge in [-0.3, -0.25) is 4.79 Å². The van der Waals surface area contributed by atoms with E-state index in [0.29, 0.717) is 5.69 Å². The molecule has 0 unspecified atom stereocenters. The van der Waals surface area contributed by atoms with Gasteiger partial charge in [-0.15, -0.1) is 0 Å². The third-order valence-corrected chi connectivity index (χ3v) is 3.23. The molecule has 0 saturated heterocycles. The molecule has 1 heterocycles. The zero-order valence-electron chi connectivity index (χ0n) is 13.9. The Balaban J connectivity index is 2.34. The van der Waals surface area contributed by atoms with E-state index in [1.54, 1.807) is 39.2 Å². The topological polar surface area (TPSA) is 79.7 Å². The van der Waals surface area contributed by atoms with Crippen molar-refractivity contribution in [1.82, 2.24) is 9.78 Å². The SMILES string of the molecule is CCOC(=O)Cn1nc(-c2ccc(OC)cc2)cc1C(=O)OCC. The van der Waals surface area contributed by atoms with E-state index in [2.05, 4.69) is 5.10 Å². The Labute approximate surface area is 140 Å². The number of ether oxygens (including phenoxy) is 3. The van der Waals surface area contributed by atoms with Gasteiger partial charge in [-0.2, -0.15) is 5.10 Å². The van der Waals surface area contributed by atoms with Crippen LogP contribution in [0.5, 0.6) is 5.75 Å². The average molecular weight is 332 g/mol. The maximum absolute atomic E-state index is 12.1. The standard InChI is InChI=1S/C17H20N2O5/c1-4-23-16(20)11-19-15(17(21)24-5-2)10-14(18-19)12-6-8-13(22-3)9-7-12/h6-10H,4-5,11H2,1-3H3. The summed E-state index contributed by atoms with van der Waals surface area (Å²) in [7, 11) is 1.59. The van der Waals surface area contributed by atoms with Gasteiger partial charge in [0.1, 0.15) is 18.0 Å². The van der Waals surface area contributed by atoms with Crippen molar-refractivity contribution in [2.75, 3.05) is 20.3 Å². The number of rotatable bonds is 7. The van der Waals surface area contributed by atoms with E-state index in [-0.39, 0.29) is 25.5 Å². The van der Waals surface area contributed by atoms with Crippen molar-refractivity contribution in [2.24, 2.45) is 0 Å². The predicted molar refractivity (Wildman–Crippen MR) is 86.8 cm³/mol. The van der Waals surface area contributed by atoms with E-state index in [9.17, 15) is 9.59 Å². The molecule has 7 nitrogen and oxygen atoms in total. The van der Waals surface area contributed by atoms with Gasteiger partial charge in [-0.1, -0.05) is 0 Å². The number of aromatic nitrogens is 2. The van der Waals surface area contributed by atoms with Crippen LogP contribution in [-0.4, -0.2) is 42.0 Å². The molecule has 0 N–H and O–H groups in total. The number of methoxy groups -OCH3 is 1. The first-order valence-electron chi connectivity index (χ1n) is 7.64. The molecule has 0 amide bonds. The smallest absolute Gasteiger partial charge is 0.356 e. The molecule has 0 aliphatic rings. The van der Waals surface area contributed by atoms with Gasteiger partial charge in [-0.05, 0) is 44.2 Å². The molecule has 0 bridgehead atoms. The summed E-state index contributed by atoms with van der Waals surface area (Å²) < 4.78 is 16.4. The van der Waals surface area contributed by atoms with Gasteiger partial charge in [0.25, 0.3) is 0 Å². The van der Waals surface area contributed by atoms with Crippen molar-refractivity contribution >= 4 is 11.9 Å². The van der Waals surface area contributed by atoms with Crippen molar-refractivity contribution in [2.45, 2.75) is 20.4 Å². The van der Waals surface area contributed by atoms with Crippen LogP contribution < -0.4 is 4.74 Å². The Bertz CT molecular complexity index is 706. The van der Waals surface area contributed by atoms with Gasteiger partial charge in [0.15, 0.2) is 0 Å². The summed E-state index contributed by atoms with van der Waals surface area (Å²) in [5, 5.41) is 4.34. The number of esters is 2. The number of nitrogens with zero attached hydrogens (tertiary/aromatic N) is 2. The lowest BCUT2D eigenvalue weighted by molar-refractivity contribution is -0.144. The summed E-state index contributed by atoms with van der Waals surface area (Å²) >= 11 is 0.